The zero-order valence-electron chi connectivity index (χ0n) is 12.0. The van der Waals surface area contributed by atoms with E-state index in [2.05, 4.69) is 10.2 Å². The van der Waals surface area contributed by atoms with Gasteiger partial charge >= 0.3 is 0 Å². The first-order chi connectivity index (χ1) is 10.2. The van der Waals surface area contributed by atoms with Crippen molar-refractivity contribution in [2.24, 2.45) is 0 Å². The first-order valence-corrected chi connectivity index (χ1v) is 6.79. The van der Waals surface area contributed by atoms with E-state index in [0.29, 0.717) is 36.8 Å². The normalized spacial score (nSPS) is 13.0. The second-order valence-electron chi connectivity index (χ2n) is 5.01. The largest absolute Gasteiger partial charge is 0.486 e. The third kappa shape index (κ3) is 2.56. The highest BCUT2D eigenvalue weighted by molar-refractivity contribution is 5.97. The minimum absolute atomic E-state index is 0.0991. The maximum atomic E-state index is 12.6. The standard InChI is InChI=1S/C15H17N3O3/c1-10-11(8-16-17-10)9-18(2)15(19)12-4-3-5-13-14(12)21-7-6-20-13/h3-5,8H,6-7,9H2,1-2H3,(H,16,17). The van der Waals surface area contributed by atoms with Crippen molar-refractivity contribution in [2.75, 3.05) is 20.3 Å². The Morgan fingerprint density at radius 1 is 1.38 bits per heavy atom. The molecule has 1 N–H and O–H groups in total. The molecule has 0 saturated carbocycles. The number of H-pyrrole nitrogens is 1. The minimum atomic E-state index is -0.0991. The van der Waals surface area contributed by atoms with Gasteiger partial charge in [-0.3, -0.25) is 9.89 Å². The second kappa shape index (κ2) is 5.47. The van der Waals surface area contributed by atoms with Gasteiger partial charge in [0.1, 0.15) is 13.2 Å². The van der Waals surface area contributed by atoms with Gasteiger partial charge in [-0.15, -0.1) is 0 Å². The van der Waals surface area contributed by atoms with Gasteiger partial charge in [0.05, 0.1) is 11.8 Å². The number of carbonyl (C=O) groups excluding carboxylic acids is 1. The van der Waals surface area contributed by atoms with Crippen LogP contribution in [0.25, 0.3) is 0 Å². The van der Waals surface area contributed by atoms with Crippen molar-refractivity contribution in [2.45, 2.75) is 13.5 Å². The lowest BCUT2D eigenvalue weighted by Crippen LogP contribution is -2.28. The number of aromatic nitrogens is 2. The number of nitrogens with one attached hydrogen (secondary N) is 1. The van der Waals surface area contributed by atoms with Crippen molar-refractivity contribution in [3.05, 3.63) is 41.2 Å². The molecule has 3 rings (SSSR count). The molecule has 6 nitrogen and oxygen atoms in total. The van der Waals surface area contributed by atoms with Gasteiger partial charge in [0.25, 0.3) is 5.91 Å². The Hall–Kier alpha value is -2.50. The number of fused-ring (bicyclic) bond motifs is 1. The summed E-state index contributed by atoms with van der Waals surface area (Å²) in [7, 11) is 1.76. The zero-order valence-corrected chi connectivity index (χ0v) is 12.0. The lowest BCUT2D eigenvalue weighted by atomic mass is 10.1. The van der Waals surface area contributed by atoms with Crippen LogP contribution in [0.3, 0.4) is 0 Å². The summed E-state index contributed by atoms with van der Waals surface area (Å²) in [5, 5.41) is 6.84. The number of rotatable bonds is 3. The smallest absolute Gasteiger partial charge is 0.257 e. The molecule has 110 valence electrons. The summed E-state index contributed by atoms with van der Waals surface area (Å²) in [6.07, 6.45) is 1.74. The highest BCUT2D eigenvalue weighted by Gasteiger charge is 2.23. The van der Waals surface area contributed by atoms with Crippen molar-refractivity contribution in [3.63, 3.8) is 0 Å². The SMILES string of the molecule is Cc1[nH]ncc1CN(C)C(=O)c1cccc2c1OCCO2. The van der Waals surface area contributed by atoms with Crippen molar-refractivity contribution >= 4 is 5.91 Å². The summed E-state index contributed by atoms with van der Waals surface area (Å²) in [5.74, 6) is 1.06. The van der Waals surface area contributed by atoms with E-state index in [1.807, 2.05) is 13.0 Å². The fourth-order valence-corrected chi connectivity index (χ4v) is 2.31. The van der Waals surface area contributed by atoms with Crippen LogP contribution in [0.5, 0.6) is 11.5 Å². The van der Waals surface area contributed by atoms with Crippen LogP contribution >= 0.6 is 0 Å². The molecule has 0 spiro atoms. The summed E-state index contributed by atoms with van der Waals surface area (Å²) in [6, 6.07) is 5.37. The van der Waals surface area contributed by atoms with Gasteiger partial charge in [0.2, 0.25) is 0 Å². The van der Waals surface area contributed by atoms with Crippen molar-refractivity contribution < 1.29 is 14.3 Å². The fourth-order valence-electron chi connectivity index (χ4n) is 2.31. The van der Waals surface area contributed by atoms with Gasteiger partial charge in [-0.1, -0.05) is 6.07 Å². The molecule has 0 aliphatic carbocycles. The van der Waals surface area contributed by atoms with E-state index in [1.165, 1.54) is 0 Å². The van der Waals surface area contributed by atoms with Gasteiger partial charge in [-0.25, -0.2) is 0 Å². The molecule has 1 aromatic heterocycles. The molecule has 1 aromatic carbocycles. The number of ether oxygens (including phenoxy) is 2. The zero-order chi connectivity index (χ0) is 14.8. The molecule has 6 heteroatoms. The number of hydrogen-bond donors (Lipinski definition) is 1. The van der Waals surface area contributed by atoms with Crippen LogP contribution in [0, 0.1) is 6.92 Å². The van der Waals surface area contributed by atoms with Crippen molar-refractivity contribution in [1.29, 1.82) is 0 Å². The summed E-state index contributed by atoms with van der Waals surface area (Å²) in [5.41, 5.74) is 2.48. The molecule has 0 atom stereocenters. The minimum Gasteiger partial charge on any atom is -0.486 e. The maximum absolute atomic E-state index is 12.6. The number of nitrogens with zero attached hydrogens (tertiary/aromatic N) is 2. The molecule has 0 fully saturated rings. The number of benzene rings is 1. The molecule has 2 aromatic rings. The second-order valence-corrected chi connectivity index (χ2v) is 5.01. The average molecular weight is 287 g/mol. The fraction of sp³-hybridized carbons (Fsp3) is 0.333. The van der Waals surface area contributed by atoms with Gasteiger partial charge in [-0.2, -0.15) is 5.10 Å². The Kier molecular flexibility index (Phi) is 3.51. The van der Waals surface area contributed by atoms with E-state index in [-0.39, 0.29) is 5.91 Å². The lowest BCUT2D eigenvalue weighted by molar-refractivity contribution is 0.0774. The number of hydrogen-bond acceptors (Lipinski definition) is 4. The van der Waals surface area contributed by atoms with E-state index < -0.39 is 0 Å². The molecule has 0 bridgehead atoms. The average Bonchev–Trinajstić information content (AvgIpc) is 2.91. The third-order valence-electron chi connectivity index (χ3n) is 3.49. The Morgan fingerprint density at radius 3 is 2.95 bits per heavy atom. The predicted molar refractivity (Wildman–Crippen MR) is 76.6 cm³/mol. The van der Waals surface area contributed by atoms with Gasteiger partial charge in [-0.05, 0) is 19.1 Å². The molecule has 0 radical (unpaired) electrons. The van der Waals surface area contributed by atoms with Crippen molar-refractivity contribution in [3.8, 4) is 11.5 Å². The summed E-state index contributed by atoms with van der Waals surface area (Å²) >= 11 is 0. The third-order valence-corrected chi connectivity index (χ3v) is 3.49. The highest BCUT2D eigenvalue weighted by atomic mass is 16.6. The van der Waals surface area contributed by atoms with Gasteiger partial charge < -0.3 is 14.4 Å². The van der Waals surface area contributed by atoms with E-state index in [9.17, 15) is 4.79 Å². The molecule has 0 saturated heterocycles. The number of aromatic amines is 1. The molecule has 0 unspecified atom stereocenters. The van der Waals surface area contributed by atoms with Gasteiger partial charge in [0.15, 0.2) is 11.5 Å². The Balaban J connectivity index is 1.83. The monoisotopic (exact) mass is 287 g/mol. The molecule has 21 heavy (non-hydrogen) atoms. The molecule has 1 aliphatic heterocycles. The van der Waals surface area contributed by atoms with Crippen LogP contribution in [0.1, 0.15) is 21.6 Å². The van der Waals surface area contributed by atoms with E-state index in [1.54, 1.807) is 30.3 Å². The first-order valence-electron chi connectivity index (χ1n) is 6.79. The van der Waals surface area contributed by atoms with Crippen LogP contribution in [-0.4, -0.2) is 41.3 Å². The Labute approximate surface area is 122 Å². The van der Waals surface area contributed by atoms with Crippen LogP contribution in [0.15, 0.2) is 24.4 Å². The van der Waals surface area contributed by atoms with Crippen LogP contribution < -0.4 is 9.47 Å². The van der Waals surface area contributed by atoms with Crippen LogP contribution in [0.4, 0.5) is 0 Å². The Morgan fingerprint density at radius 2 is 2.19 bits per heavy atom. The summed E-state index contributed by atoms with van der Waals surface area (Å²) in [4.78, 5) is 14.3. The van der Waals surface area contributed by atoms with Crippen molar-refractivity contribution in [1.82, 2.24) is 15.1 Å². The van der Waals surface area contributed by atoms with E-state index >= 15 is 0 Å². The maximum Gasteiger partial charge on any atom is 0.257 e. The highest BCUT2D eigenvalue weighted by Crippen LogP contribution is 2.34. The molecule has 1 amide bonds. The predicted octanol–water partition coefficient (Wildman–Crippen LogP) is 1.76. The van der Waals surface area contributed by atoms with Crippen LogP contribution in [-0.2, 0) is 6.54 Å². The van der Waals surface area contributed by atoms with E-state index in [0.717, 1.165) is 11.3 Å². The number of carbonyl (C=O) groups is 1. The summed E-state index contributed by atoms with van der Waals surface area (Å²) < 4.78 is 11.1. The number of aryl methyl sites for hydroxylation is 1. The number of para-hydroxylation sites is 1. The number of amides is 1. The molecule has 2 heterocycles. The topological polar surface area (TPSA) is 67.5 Å². The summed E-state index contributed by atoms with van der Waals surface area (Å²) in [6.45, 7) is 3.39. The first kappa shape index (κ1) is 13.5. The van der Waals surface area contributed by atoms with Gasteiger partial charge in [0, 0.05) is 24.8 Å². The quantitative estimate of drug-likeness (QED) is 0.934. The molecular formula is C15H17N3O3. The molecule has 1 aliphatic rings. The lowest BCUT2D eigenvalue weighted by Gasteiger charge is -2.23. The van der Waals surface area contributed by atoms with Crippen LogP contribution in [0.2, 0.25) is 0 Å². The van der Waals surface area contributed by atoms with E-state index in [4.69, 9.17) is 9.47 Å². The molecular weight excluding hydrogens is 270 g/mol. The Bertz CT molecular complexity index is 666.